The highest BCUT2D eigenvalue weighted by Gasteiger charge is 2.46. The number of hydrogen-bond donors (Lipinski definition) is 6. The summed E-state index contributed by atoms with van der Waals surface area (Å²) >= 11 is 0. The Hall–Kier alpha value is -5.46. The summed E-state index contributed by atoms with van der Waals surface area (Å²) in [4.78, 5) is 86.0. The predicted octanol–water partition coefficient (Wildman–Crippen LogP) is 2.40. The van der Waals surface area contributed by atoms with Crippen LogP contribution in [0.15, 0.2) is 16.9 Å². The van der Waals surface area contributed by atoms with E-state index in [2.05, 4.69) is 21.3 Å². The fourth-order valence-electron chi connectivity index (χ4n) is 9.64. The Morgan fingerprint density at radius 3 is 2.16 bits per heavy atom. The normalized spacial score (nSPS) is 17.2. The lowest BCUT2D eigenvalue weighted by Gasteiger charge is -2.31. The molecule has 414 valence electrons. The van der Waals surface area contributed by atoms with Crippen molar-refractivity contribution in [3.63, 3.8) is 0 Å². The average Bonchev–Trinajstić information content (AvgIpc) is 3.85. The fourth-order valence-corrected chi connectivity index (χ4v) is 9.64. The first kappa shape index (κ1) is 58.8. The minimum Gasteiger partial charge on any atom is -0.458 e. The van der Waals surface area contributed by atoms with Gasteiger partial charge in [-0.1, -0.05) is 20.8 Å². The zero-order chi connectivity index (χ0) is 54.1. The molecule has 1 aliphatic carbocycles. The van der Waals surface area contributed by atoms with Gasteiger partial charge in [-0.25, -0.2) is 14.2 Å². The first-order valence-corrected chi connectivity index (χ1v) is 26.2. The van der Waals surface area contributed by atoms with Crippen LogP contribution >= 0.6 is 0 Å². The predicted molar refractivity (Wildman–Crippen MR) is 273 cm³/mol. The fraction of sp³-hybridized carbons (Fsp3) is 0.642. The van der Waals surface area contributed by atoms with Crippen LogP contribution in [-0.2, 0) is 82.3 Å². The second-order valence-corrected chi connectivity index (χ2v) is 19.3. The molecule has 0 bridgehead atoms. The summed E-state index contributed by atoms with van der Waals surface area (Å²) in [5.74, 6) is -3.79. The SMILES string of the molecule is CC[C@@]1(O)C(=O)OCc2c1cc1n(c2=O)Cc2c-1nc1cc(F)c(C)c3c1c2[C@@H](NC(=O)CNC(=O)[C@H](CCCCN)NC(=O)[C@@H](NC(=O)CCOCCOCCOCCOCCOCCCCOC)C(C)C)CC3. The molecule has 3 aliphatic rings. The van der Waals surface area contributed by atoms with Crippen LogP contribution in [0.4, 0.5) is 4.39 Å². The lowest BCUT2D eigenvalue weighted by molar-refractivity contribution is -0.172. The van der Waals surface area contributed by atoms with E-state index in [1.807, 2.05) is 0 Å². The average molecular weight is 1050 g/mol. The van der Waals surface area contributed by atoms with Gasteiger partial charge in [0.05, 0.1) is 101 Å². The number of nitrogens with zero attached hydrogens (tertiary/aromatic N) is 2. The number of aromatic nitrogens is 2. The molecule has 22 heteroatoms. The maximum atomic E-state index is 15.5. The quantitative estimate of drug-likeness (QED) is 0.0295. The van der Waals surface area contributed by atoms with Gasteiger partial charge in [0.2, 0.25) is 23.6 Å². The van der Waals surface area contributed by atoms with Gasteiger partial charge < -0.3 is 69.8 Å². The molecule has 3 aromatic rings. The topological polar surface area (TPSA) is 279 Å². The van der Waals surface area contributed by atoms with Crippen LogP contribution in [0.25, 0.3) is 22.3 Å². The van der Waals surface area contributed by atoms with Gasteiger partial charge in [0.25, 0.3) is 5.56 Å². The molecular weight excluding hydrogens is 978 g/mol. The number of cyclic esters (lactones) is 1. The molecule has 2 aromatic heterocycles. The number of aliphatic hydroxyl groups is 1. The number of benzene rings is 1. The van der Waals surface area contributed by atoms with Crippen molar-refractivity contribution >= 4 is 40.5 Å². The van der Waals surface area contributed by atoms with E-state index in [4.69, 9.17) is 43.9 Å². The number of fused-ring (bicyclic) bond motifs is 5. The van der Waals surface area contributed by atoms with E-state index < -0.39 is 71.2 Å². The van der Waals surface area contributed by atoms with Crippen LogP contribution in [0.5, 0.6) is 0 Å². The van der Waals surface area contributed by atoms with Gasteiger partial charge in [-0.05, 0) is 93.5 Å². The van der Waals surface area contributed by atoms with E-state index in [1.165, 1.54) is 10.6 Å². The van der Waals surface area contributed by atoms with Crippen LogP contribution in [0.2, 0.25) is 0 Å². The molecule has 4 heterocycles. The second kappa shape index (κ2) is 28.6. The van der Waals surface area contributed by atoms with Crippen LogP contribution in [-0.4, -0.2) is 149 Å². The Labute approximate surface area is 436 Å². The summed E-state index contributed by atoms with van der Waals surface area (Å²) in [5.41, 5.74) is 7.01. The largest absolute Gasteiger partial charge is 0.458 e. The molecule has 0 saturated carbocycles. The standard InChI is InChI=1S/C53H76FN7O14/c1-6-53(68)37-27-42-48-35(30-61(42)51(66)36(37)31-75-52(53)67)46-39(13-12-34-33(4)38(54)28-41(58-48)45(34)46)57-44(63)29-56-49(64)40(11-7-8-15-55)59-50(65)47(32(2)3)60-43(62)14-18-71-20-22-73-24-26-74-25-23-72-21-19-70-17-10-9-16-69-5/h27-28,32,39-40,47,68H,6-26,29-31,55H2,1-5H3,(H,56,64)(H,57,63)(H,59,65)(H,60,62)/t39-,40-,47-,53-/m0/s1. The molecule has 6 rings (SSSR count). The summed E-state index contributed by atoms with van der Waals surface area (Å²) in [7, 11) is 1.68. The molecule has 0 fully saturated rings. The Balaban J connectivity index is 0.989. The molecule has 0 radical (unpaired) electrons. The Morgan fingerprint density at radius 2 is 1.52 bits per heavy atom. The molecule has 4 amide bonds. The van der Waals surface area contributed by atoms with Gasteiger partial charge in [0, 0.05) is 49.3 Å². The van der Waals surface area contributed by atoms with E-state index in [1.54, 1.807) is 40.9 Å². The van der Waals surface area contributed by atoms with Crippen LogP contribution in [0.1, 0.15) is 112 Å². The molecule has 75 heavy (non-hydrogen) atoms. The maximum Gasteiger partial charge on any atom is 0.343 e. The molecule has 0 saturated heterocycles. The number of methoxy groups -OCH3 is 1. The number of carbonyl (C=O) groups is 5. The third-order valence-electron chi connectivity index (χ3n) is 13.8. The molecule has 2 aliphatic heterocycles. The summed E-state index contributed by atoms with van der Waals surface area (Å²) in [6, 6.07) is 0.232. The third-order valence-corrected chi connectivity index (χ3v) is 13.8. The number of nitrogens with two attached hydrogens (primary N) is 1. The number of esters is 1. The zero-order valence-corrected chi connectivity index (χ0v) is 44.0. The van der Waals surface area contributed by atoms with Crippen molar-refractivity contribution in [3.8, 4) is 11.4 Å². The highest BCUT2D eigenvalue weighted by Crippen LogP contribution is 2.46. The van der Waals surface area contributed by atoms with Gasteiger partial charge in [0.1, 0.15) is 24.5 Å². The Bertz CT molecular complexity index is 2540. The summed E-state index contributed by atoms with van der Waals surface area (Å²) in [5, 5.41) is 23.3. The maximum absolute atomic E-state index is 15.5. The molecular formula is C53H76FN7O14. The Kier molecular flexibility index (Phi) is 22.4. The lowest BCUT2D eigenvalue weighted by atomic mass is 9.81. The van der Waals surface area contributed by atoms with Gasteiger partial charge in [-0.2, -0.15) is 0 Å². The van der Waals surface area contributed by atoms with E-state index in [0.717, 1.165) is 25.0 Å². The summed E-state index contributed by atoms with van der Waals surface area (Å²) in [6.07, 6.45) is 3.92. The first-order chi connectivity index (χ1) is 36.1. The highest BCUT2D eigenvalue weighted by atomic mass is 19.1. The monoisotopic (exact) mass is 1050 g/mol. The number of unbranched alkanes of at least 4 members (excludes halogenated alkanes) is 2. The van der Waals surface area contributed by atoms with Crippen molar-refractivity contribution in [2.24, 2.45) is 11.7 Å². The van der Waals surface area contributed by atoms with Crippen molar-refractivity contribution in [1.29, 1.82) is 0 Å². The van der Waals surface area contributed by atoms with Crippen LogP contribution < -0.4 is 32.6 Å². The number of rotatable bonds is 33. The van der Waals surface area contributed by atoms with Crippen LogP contribution in [0, 0.1) is 18.7 Å². The van der Waals surface area contributed by atoms with E-state index in [9.17, 15) is 33.9 Å². The number of amides is 4. The number of hydrogen-bond acceptors (Lipinski definition) is 16. The van der Waals surface area contributed by atoms with Crippen molar-refractivity contribution in [3.05, 3.63) is 61.7 Å². The smallest absolute Gasteiger partial charge is 0.343 e. The minimum atomic E-state index is -2.05. The van der Waals surface area contributed by atoms with Crippen molar-refractivity contribution in [2.75, 3.05) is 92.9 Å². The van der Waals surface area contributed by atoms with Gasteiger partial charge in [-0.3, -0.25) is 24.0 Å². The van der Waals surface area contributed by atoms with Gasteiger partial charge in [-0.15, -0.1) is 0 Å². The number of aryl methyl sites for hydroxylation is 1. The van der Waals surface area contributed by atoms with Crippen molar-refractivity contribution < 1.29 is 66.6 Å². The molecule has 0 unspecified atom stereocenters. The molecule has 0 spiro atoms. The van der Waals surface area contributed by atoms with Crippen molar-refractivity contribution in [1.82, 2.24) is 30.8 Å². The Morgan fingerprint density at radius 1 is 0.867 bits per heavy atom. The van der Waals surface area contributed by atoms with Gasteiger partial charge in [0.15, 0.2) is 5.60 Å². The lowest BCUT2D eigenvalue weighted by Crippen LogP contribution is -2.56. The van der Waals surface area contributed by atoms with Crippen LogP contribution in [0.3, 0.4) is 0 Å². The molecule has 4 atom stereocenters. The first-order valence-electron chi connectivity index (χ1n) is 26.2. The third kappa shape index (κ3) is 14.9. The number of nitrogens with one attached hydrogen (secondary N) is 4. The molecule has 1 aromatic carbocycles. The van der Waals surface area contributed by atoms with Gasteiger partial charge >= 0.3 is 5.97 Å². The number of carbonyl (C=O) groups excluding carboxylic acids is 5. The summed E-state index contributed by atoms with van der Waals surface area (Å²) in [6.45, 7) is 11.2. The highest BCUT2D eigenvalue weighted by molar-refractivity contribution is 5.95. The molecule has 21 nitrogen and oxygen atoms in total. The zero-order valence-electron chi connectivity index (χ0n) is 44.0. The summed E-state index contributed by atoms with van der Waals surface area (Å²) < 4.78 is 54.8. The second-order valence-electron chi connectivity index (χ2n) is 19.3. The van der Waals surface area contributed by atoms with Crippen molar-refractivity contribution in [2.45, 2.75) is 122 Å². The van der Waals surface area contributed by atoms with E-state index >= 15 is 4.39 Å². The number of ether oxygens (including phenoxy) is 7. The number of pyridine rings is 2. The minimum absolute atomic E-state index is 0.0148. The molecule has 7 N–H and O–H groups in total. The van der Waals surface area contributed by atoms with E-state index in [-0.39, 0.29) is 62.7 Å². The number of halogens is 1. The van der Waals surface area contributed by atoms with E-state index in [0.29, 0.717) is 124 Å².